The molecule has 0 aromatic heterocycles. The van der Waals surface area contributed by atoms with E-state index in [1.807, 2.05) is 0 Å². The van der Waals surface area contributed by atoms with E-state index in [1.165, 1.54) is 6.54 Å². The third-order valence-corrected chi connectivity index (χ3v) is 5.82. The smallest absolute Gasteiger partial charge is 0.0247 e. The highest BCUT2D eigenvalue weighted by Crippen LogP contribution is 2.57. The second-order valence-electron chi connectivity index (χ2n) is 7.10. The average molecular weight is 236 g/mol. The summed E-state index contributed by atoms with van der Waals surface area (Å²) in [5.41, 5.74) is 0. The van der Waals surface area contributed by atoms with Gasteiger partial charge in [0.2, 0.25) is 0 Å². The fourth-order valence-electron chi connectivity index (χ4n) is 5.47. The topological polar surface area (TPSA) is 15.3 Å². The van der Waals surface area contributed by atoms with Gasteiger partial charge in [0.1, 0.15) is 0 Å². The number of likely N-dealkylation sites (N-methyl/N-ethyl adjacent to an activating group) is 2. The number of rotatable bonds is 4. The fraction of sp³-hybridized carbons (Fsp3) is 1.00. The predicted molar refractivity (Wildman–Crippen MR) is 71.9 cm³/mol. The van der Waals surface area contributed by atoms with Crippen molar-refractivity contribution in [2.24, 2.45) is 29.6 Å². The Morgan fingerprint density at radius 3 is 1.94 bits per heavy atom. The third kappa shape index (κ3) is 2.04. The molecule has 4 saturated carbocycles. The van der Waals surface area contributed by atoms with Gasteiger partial charge in [-0.3, -0.25) is 0 Å². The highest BCUT2D eigenvalue weighted by Gasteiger charge is 2.50. The quantitative estimate of drug-likeness (QED) is 0.805. The van der Waals surface area contributed by atoms with Gasteiger partial charge in [-0.2, -0.15) is 0 Å². The molecular formula is C15H28N2. The van der Waals surface area contributed by atoms with Gasteiger partial charge < -0.3 is 10.2 Å². The molecule has 1 N–H and O–H groups in total. The minimum absolute atomic E-state index is 0.759. The van der Waals surface area contributed by atoms with Crippen molar-refractivity contribution in [1.82, 2.24) is 10.2 Å². The Morgan fingerprint density at radius 1 is 1.00 bits per heavy atom. The molecular weight excluding hydrogens is 208 g/mol. The van der Waals surface area contributed by atoms with Crippen molar-refractivity contribution in [2.75, 3.05) is 27.7 Å². The highest BCUT2D eigenvalue weighted by molar-refractivity contribution is 5.01. The Hall–Kier alpha value is -0.0800. The van der Waals surface area contributed by atoms with Gasteiger partial charge in [0.05, 0.1) is 0 Å². The molecule has 0 amide bonds. The Balaban J connectivity index is 1.78. The summed E-state index contributed by atoms with van der Waals surface area (Å²) in [6, 6.07) is 0.759. The molecule has 2 heteroatoms. The zero-order chi connectivity index (χ0) is 12.0. The van der Waals surface area contributed by atoms with Gasteiger partial charge in [-0.25, -0.2) is 0 Å². The van der Waals surface area contributed by atoms with Gasteiger partial charge in [-0.15, -0.1) is 0 Å². The Labute approximate surface area is 106 Å². The first-order valence-electron chi connectivity index (χ1n) is 7.50. The first-order valence-corrected chi connectivity index (χ1v) is 7.50. The Morgan fingerprint density at radius 2 is 1.53 bits per heavy atom. The normalized spacial score (nSPS) is 45.5. The van der Waals surface area contributed by atoms with Crippen LogP contribution in [0, 0.1) is 29.6 Å². The van der Waals surface area contributed by atoms with Crippen LogP contribution in [-0.2, 0) is 0 Å². The van der Waals surface area contributed by atoms with E-state index in [1.54, 1.807) is 32.1 Å². The molecule has 4 bridgehead atoms. The van der Waals surface area contributed by atoms with Crippen LogP contribution in [-0.4, -0.2) is 38.6 Å². The molecule has 0 aromatic rings. The molecule has 98 valence electrons. The molecule has 0 radical (unpaired) electrons. The first kappa shape index (κ1) is 12.0. The monoisotopic (exact) mass is 236 g/mol. The van der Waals surface area contributed by atoms with Gasteiger partial charge in [0.15, 0.2) is 0 Å². The van der Waals surface area contributed by atoms with E-state index in [4.69, 9.17) is 0 Å². The lowest BCUT2D eigenvalue weighted by molar-refractivity contribution is -0.0665. The van der Waals surface area contributed by atoms with E-state index in [0.29, 0.717) is 0 Å². The van der Waals surface area contributed by atoms with E-state index in [2.05, 4.69) is 31.4 Å². The summed E-state index contributed by atoms with van der Waals surface area (Å²) < 4.78 is 0. The standard InChI is InChI=1S/C15H28N2/c1-16-9-14(17(2)3)15-12-5-10-4-11(7-12)8-13(15)6-10/h10-16H,4-9H2,1-3H3. The van der Waals surface area contributed by atoms with Crippen LogP contribution < -0.4 is 5.32 Å². The molecule has 0 aliphatic heterocycles. The number of nitrogens with zero attached hydrogens (tertiary/aromatic N) is 1. The van der Waals surface area contributed by atoms with Gasteiger partial charge in [0.25, 0.3) is 0 Å². The van der Waals surface area contributed by atoms with Crippen molar-refractivity contribution in [3.63, 3.8) is 0 Å². The Bertz CT molecular complexity index is 246. The maximum Gasteiger partial charge on any atom is 0.0247 e. The van der Waals surface area contributed by atoms with E-state index < -0.39 is 0 Å². The van der Waals surface area contributed by atoms with Gasteiger partial charge in [0, 0.05) is 12.6 Å². The molecule has 4 aliphatic carbocycles. The van der Waals surface area contributed by atoms with Crippen molar-refractivity contribution in [1.29, 1.82) is 0 Å². The molecule has 4 rings (SSSR count). The van der Waals surface area contributed by atoms with Crippen LogP contribution in [0.15, 0.2) is 0 Å². The second-order valence-corrected chi connectivity index (χ2v) is 7.10. The number of nitrogens with one attached hydrogen (secondary N) is 1. The SMILES string of the molecule is CNCC(C1C2CC3CC(C2)CC1C3)N(C)C. The van der Waals surface area contributed by atoms with Crippen LogP contribution in [0.5, 0.6) is 0 Å². The van der Waals surface area contributed by atoms with E-state index in [-0.39, 0.29) is 0 Å². The average Bonchev–Trinajstić information content (AvgIpc) is 2.26. The molecule has 1 atom stereocenters. The summed E-state index contributed by atoms with van der Waals surface area (Å²) in [4.78, 5) is 2.48. The molecule has 1 unspecified atom stereocenters. The summed E-state index contributed by atoms with van der Waals surface area (Å²) in [6.45, 7) is 1.17. The maximum atomic E-state index is 3.42. The Kier molecular flexibility index (Phi) is 3.20. The van der Waals surface area contributed by atoms with Gasteiger partial charge >= 0.3 is 0 Å². The molecule has 0 spiro atoms. The molecule has 0 heterocycles. The minimum Gasteiger partial charge on any atom is -0.318 e. The van der Waals surface area contributed by atoms with Crippen molar-refractivity contribution < 1.29 is 0 Å². The summed E-state index contributed by atoms with van der Waals surface area (Å²) in [7, 11) is 6.65. The number of hydrogen-bond acceptors (Lipinski definition) is 2. The summed E-state index contributed by atoms with van der Waals surface area (Å²) in [5, 5.41) is 3.42. The lowest BCUT2D eigenvalue weighted by Gasteiger charge is -2.57. The van der Waals surface area contributed by atoms with E-state index in [9.17, 15) is 0 Å². The molecule has 17 heavy (non-hydrogen) atoms. The van der Waals surface area contributed by atoms with Gasteiger partial charge in [-0.1, -0.05) is 0 Å². The van der Waals surface area contributed by atoms with E-state index >= 15 is 0 Å². The van der Waals surface area contributed by atoms with Crippen molar-refractivity contribution in [3.8, 4) is 0 Å². The van der Waals surface area contributed by atoms with Crippen molar-refractivity contribution >= 4 is 0 Å². The van der Waals surface area contributed by atoms with Crippen LogP contribution >= 0.6 is 0 Å². The third-order valence-electron chi connectivity index (χ3n) is 5.82. The van der Waals surface area contributed by atoms with Crippen LogP contribution in [0.4, 0.5) is 0 Å². The summed E-state index contributed by atoms with van der Waals surface area (Å²) in [5.74, 6) is 5.28. The van der Waals surface area contributed by atoms with Crippen LogP contribution in [0.1, 0.15) is 32.1 Å². The fourth-order valence-corrected chi connectivity index (χ4v) is 5.47. The summed E-state index contributed by atoms with van der Waals surface area (Å²) in [6.07, 6.45) is 7.76. The van der Waals surface area contributed by atoms with Crippen LogP contribution in [0.2, 0.25) is 0 Å². The molecule has 0 aromatic carbocycles. The second kappa shape index (κ2) is 4.55. The van der Waals surface area contributed by atoms with Crippen LogP contribution in [0.3, 0.4) is 0 Å². The first-order chi connectivity index (χ1) is 8.19. The summed E-state index contributed by atoms with van der Waals surface area (Å²) >= 11 is 0. The zero-order valence-corrected chi connectivity index (χ0v) is 11.7. The lowest BCUT2D eigenvalue weighted by Crippen LogP contribution is -2.55. The molecule has 4 aliphatic rings. The molecule has 4 fully saturated rings. The predicted octanol–water partition coefficient (Wildman–Crippen LogP) is 2.21. The number of hydrogen-bond donors (Lipinski definition) is 1. The molecule has 2 nitrogen and oxygen atoms in total. The highest BCUT2D eigenvalue weighted by atomic mass is 15.1. The largest absolute Gasteiger partial charge is 0.318 e. The lowest BCUT2D eigenvalue weighted by atomic mass is 9.50. The van der Waals surface area contributed by atoms with Crippen molar-refractivity contribution in [3.05, 3.63) is 0 Å². The van der Waals surface area contributed by atoms with Crippen molar-refractivity contribution in [2.45, 2.75) is 38.1 Å². The van der Waals surface area contributed by atoms with E-state index in [0.717, 1.165) is 35.6 Å². The van der Waals surface area contributed by atoms with Gasteiger partial charge in [-0.05, 0) is 82.8 Å². The minimum atomic E-state index is 0.759. The molecule has 0 saturated heterocycles. The van der Waals surface area contributed by atoms with Crippen LogP contribution in [0.25, 0.3) is 0 Å². The maximum absolute atomic E-state index is 3.42. The zero-order valence-electron chi connectivity index (χ0n) is 11.7.